The van der Waals surface area contributed by atoms with Gasteiger partial charge < -0.3 is 0 Å². The lowest BCUT2D eigenvalue weighted by molar-refractivity contribution is 0.380. The fourth-order valence-electron chi connectivity index (χ4n) is 3.56. The van der Waals surface area contributed by atoms with E-state index < -0.39 is 15.2 Å². The van der Waals surface area contributed by atoms with Crippen molar-refractivity contribution in [3.8, 4) is 11.1 Å². The van der Waals surface area contributed by atoms with Crippen LogP contribution < -0.4 is 0 Å². The number of hydrogen-bond acceptors (Lipinski definition) is 0. The molecule has 0 aliphatic rings. The summed E-state index contributed by atoms with van der Waals surface area (Å²) in [4.78, 5) is 1.24. The Bertz CT molecular complexity index is 982. The second-order valence-corrected chi connectivity index (χ2v) is 14.0. The van der Waals surface area contributed by atoms with E-state index in [0.717, 1.165) is 5.57 Å². The third-order valence-electron chi connectivity index (χ3n) is 5.80. The molecule has 0 saturated heterocycles. The Balaban J connectivity index is 2.63. The summed E-state index contributed by atoms with van der Waals surface area (Å²) >= 11 is 0. The maximum absolute atomic E-state index is 6.76. The summed E-state index contributed by atoms with van der Waals surface area (Å²) in [5.41, 5.74) is 5.55. The minimum atomic E-state index is -1.10. The van der Waals surface area contributed by atoms with Crippen LogP contribution in [-0.2, 0) is 0 Å². The Morgan fingerprint density at radius 3 is 1.87 bits per heavy atom. The molecule has 4 radical (unpaired) electrons. The second kappa shape index (κ2) is 9.74. The van der Waals surface area contributed by atoms with E-state index in [-0.39, 0.29) is 5.41 Å². The molecule has 0 aliphatic carbocycles. The van der Waals surface area contributed by atoms with Crippen LogP contribution in [0.4, 0.5) is 0 Å². The lowest BCUT2D eigenvalue weighted by atomic mass is 9.40. The van der Waals surface area contributed by atoms with Gasteiger partial charge in [-0.3, -0.25) is 0 Å². The van der Waals surface area contributed by atoms with Gasteiger partial charge in [-0.15, -0.1) is 0 Å². The van der Waals surface area contributed by atoms with Crippen molar-refractivity contribution in [1.29, 1.82) is 0 Å². The molecule has 31 heavy (non-hydrogen) atoms. The van der Waals surface area contributed by atoms with Crippen molar-refractivity contribution >= 4 is 31.3 Å². The molecule has 2 aromatic rings. The first-order valence-corrected chi connectivity index (χ1v) is 13.7. The smallest absolute Gasteiger partial charge is 0.0690 e. The third kappa shape index (κ3) is 5.89. The van der Waals surface area contributed by atoms with Gasteiger partial charge >= 0.3 is 0 Å². The minimum absolute atomic E-state index is 0.276. The maximum atomic E-state index is 6.76. The van der Waals surface area contributed by atoms with E-state index in [2.05, 4.69) is 113 Å². The first-order chi connectivity index (χ1) is 14.3. The fourth-order valence-corrected chi connectivity index (χ4v) is 4.98. The summed E-state index contributed by atoms with van der Waals surface area (Å²) in [5.74, 6) is 0. The van der Waals surface area contributed by atoms with Crippen molar-refractivity contribution in [1.82, 2.24) is 0 Å². The first-order valence-electron chi connectivity index (χ1n) is 10.8. The van der Waals surface area contributed by atoms with E-state index in [9.17, 15) is 0 Å². The van der Waals surface area contributed by atoms with Crippen LogP contribution in [0.3, 0.4) is 0 Å². The van der Waals surface area contributed by atoms with Crippen LogP contribution in [0.5, 0.6) is 0 Å². The predicted octanol–water partition coefficient (Wildman–Crippen LogP) is 7.78. The first kappa shape index (κ1) is 25.4. The van der Waals surface area contributed by atoms with Crippen molar-refractivity contribution in [3.05, 3.63) is 88.9 Å². The molecule has 0 saturated carbocycles. The molecule has 0 atom stereocenters. The molecular weight excluding hydrogens is 390 g/mol. The van der Waals surface area contributed by atoms with E-state index in [1.807, 2.05) is 13.0 Å². The molecule has 0 unspecified atom stereocenters. The summed E-state index contributed by atoms with van der Waals surface area (Å²) in [7, 11) is 12.4. The molecule has 0 fully saturated rings. The maximum Gasteiger partial charge on any atom is 0.0690 e. The average Bonchev–Trinajstić information content (AvgIpc) is 2.70. The fraction of sp³-hybridized carbons (Fsp3) is 0.357. The molecule has 0 amide bonds. The molecule has 0 heterocycles. The molecule has 0 aliphatic heterocycles. The zero-order valence-corrected chi connectivity index (χ0v) is 21.3. The molecule has 2 aromatic carbocycles. The van der Waals surface area contributed by atoms with E-state index in [1.165, 1.54) is 27.2 Å². The van der Waals surface area contributed by atoms with Gasteiger partial charge in [0.1, 0.15) is 0 Å². The highest BCUT2D eigenvalue weighted by Crippen LogP contribution is 2.58. The summed E-state index contributed by atoms with van der Waals surface area (Å²) in [6, 6.07) is 19.2. The number of benzene rings is 2. The van der Waals surface area contributed by atoms with Crippen LogP contribution in [0.1, 0.15) is 40.2 Å². The topological polar surface area (TPSA) is 0 Å². The zero-order valence-electron chi connectivity index (χ0n) is 20.5. The van der Waals surface area contributed by atoms with E-state index in [4.69, 9.17) is 15.7 Å². The van der Waals surface area contributed by atoms with Crippen molar-refractivity contribution in [2.75, 3.05) is 18.8 Å². The van der Waals surface area contributed by atoms with Crippen LogP contribution >= 0.6 is 10.0 Å². The highest BCUT2D eigenvalue weighted by molar-refractivity contribution is 8.35. The summed E-state index contributed by atoms with van der Waals surface area (Å²) < 4.78 is 0. The van der Waals surface area contributed by atoms with Gasteiger partial charge in [0.2, 0.25) is 0 Å². The van der Waals surface area contributed by atoms with Crippen molar-refractivity contribution < 1.29 is 0 Å². The number of allylic oxidation sites excluding steroid dienone is 5. The van der Waals surface area contributed by atoms with Crippen LogP contribution in [0, 0.1) is 5.41 Å². The number of hydrogen-bond donors (Lipinski definition) is 0. The van der Waals surface area contributed by atoms with E-state index >= 15 is 0 Å². The van der Waals surface area contributed by atoms with Gasteiger partial charge in [0.25, 0.3) is 0 Å². The summed E-state index contributed by atoms with van der Waals surface area (Å²) in [6.45, 7) is 10.4. The third-order valence-corrected chi connectivity index (χ3v) is 7.46. The molecule has 0 spiro atoms. The summed E-state index contributed by atoms with van der Waals surface area (Å²) in [6.07, 6.45) is 13.5. The van der Waals surface area contributed by atoms with E-state index in [1.54, 1.807) is 0 Å². The SMILES string of the molecule is [B]C([B])(C(=C/C)/C(=C\C(=C\C)c1cccc(-c2ccccc2)c1)S(C)(C)C)C(C)(C)C. The normalized spacial score (nSPS) is 15.2. The van der Waals surface area contributed by atoms with Gasteiger partial charge in [-0.05, 0) is 77.3 Å². The number of rotatable bonds is 6. The summed E-state index contributed by atoms with van der Waals surface area (Å²) in [5, 5.41) is -0.932. The minimum Gasteiger partial charge on any atom is -0.223 e. The van der Waals surface area contributed by atoms with Crippen LogP contribution in [-0.4, -0.2) is 34.5 Å². The van der Waals surface area contributed by atoms with Gasteiger partial charge in [-0.1, -0.05) is 92.2 Å². The zero-order chi connectivity index (χ0) is 23.4. The Labute approximate surface area is 195 Å². The predicted molar refractivity (Wildman–Crippen MR) is 146 cm³/mol. The van der Waals surface area contributed by atoms with Gasteiger partial charge in [-0.25, -0.2) is 10.0 Å². The Morgan fingerprint density at radius 1 is 0.806 bits per heavy atom. The lowest BCUT2D eigenvalue weighted by Crippen LogP contribution is -2.33. The molecule has 0 bridgehead atoms. The van der Waals surface area contributed by atoms with Crippen molar-refractivity contribution in [2.24, 2.45) is 5.41 Å². The quantitative estimate of drug-likeness (QED) is 0.327. The lowest BCUT2D eigenvalue weighted by Gasteiger charge is -2.46. The highest BCUT2D eigenvalue weighted by Gasteiger charge is 2.37. The molecule has 3 heteroatoms. The van der Waals surface area contributed by atoms with E-state index in [0.29, 0.717) is 0 Å². The van der Waals surface area contributed by atoms with Gasteiger partial charge in [0.15, 0.2) is 0 Å². The molecule has 2 rings (SSSR count). The highest BCUT2D eigenvalue weighted by atomic mass is 32.3. The van der Waals surface area contributed by atoms with Crippen molar-refractivity contribution in [3.63, 3.8) is 0 Å². The van der Waals surface area contributed by atoms with Gasteiger partial charge in [0.05, 0.1) is 15.7 Å². The Morgan fingerprint density at radius 2 is 1.39 bits per heavy atom. The molecule has 0 nitrogen and oxygen atoms in total. The Hall–Kier alpha value is -1.86. The van der Waals surface area contributed by atoms with Crippen LogP contribution in [0.2, 0.25) is 5.21 Å². The monoisotopic (exact) mass is 426 g/mol. The standard InChI is InChI=1S/C28H36B2S/c1-9-21(23-17-14-18-24(19-23)22-15-12-11-13-16-22)20-26(31(6,7)8)25(10-2)28(29,30)27(3,4)5/h9-20H,1-8H3/b21-9-,25-10+,26-20+. The molecule has 160 valence electrons. The largest absolute Gasteiger partial charge is 0.223 e. The Kier molecular flexibility index (Phi) is 7.98. The van der Waals surface area contributed by atoms with Crippen LogP contribution in [0.15, 0.2) is 83.3 Å². The van der Waals surface area contributed by atoms with Gasteiger partial charge in [0, 0.05) is 0 Å². The molecule has 0 N–H and O–H groups in total. The van der Waals surface area contributed by atoms with Gasteiger partial charge in [-0.2, -0.15) is 0 Å². The second-order valence-electron chi connectivity index (χ2n) is 9.86. The van der Waals surface area contributed by atoms with Crippen LogP contribution in [0.25, 0.3) is 16.7 Å². The molecule has 0 aromatic heterocycles. The molecular formula is C28H36B2S. The average molecular weight is 426 g/mol. The van der Waals surface area contributed by atoms with Crippen molar-refractivity contribution in [2.45, 2.75) is 39.8 Å².